The zero-order valence-electron chi connectivity index (χ0n) is 17.5. The quantitative estimate of drug-likeness (QED) is 0.513. The molecule has 0 aliphatic carbocycles. The molecular weight excluding hydrogens is 418 g/mol. The van der Waals surface area contributed by atoms with Crippen LogP contribution >= 0.6 is 11.6 Å². The van der Waals surface area contributed by atoms with Crippen molar-refractivity contribution in [3.63, 3.8) is 0 Å². The van der Waals surface area contributed by atoms with E-state index in [4.69, 9.17) is 21.1 Å². The van der Waals surface area contributed by atoms with Crippen molar-refractivity contribution in [1.29, 1.82) is 0 Å². The van der Waals surface area contributed by atoms with Crippen LogP contribution in [-0.4, -0.2) is 42.9 Å². The van der Waals surface area contributed by atoms with E-state index in [1.165, 1.54) is 4.90 Å². The summed E-state index contributed by atoms with van der Waals surface area (Å²) in [4.78, 5) is 23.5. The van der Waals surface area contributed by atoms with Gasteiger partial charge in [0.05, 0.1) is 19.4 Å². The number of aromatic nitrogens is 2. The smallest absolute Gasteiger partial charge is 0.332 e. The summed E-state index contributed by atoms with van der Waals surface area (Å²) in [6, 6.07) is 15.3. The van der Waals surface area contributed by atoms with Crippen molar-refractivity contribution in [2.45, 2.75) is 13.0 Å². The Morgan fingerprint density at radius 3 is 2.45 bits per heavy atom. The number of ether oxygens (including phenoxy) is 2. The fourth-order valence-corrected chi connectivity index (χ4v) is 2.98. The molecule has 2 N–H and O–H groups in total. The molecule has 1 unspecified atom stereocenters. The second kappa shape index (κ2) is 10.6. The molecule has 0 spiro atoms. The average molecular weight is 442 g/mol. The van der Waals surface area contributed by atoms with Crippen LogP contribution in [0.15, 0.2) is 60.8 Å². The molecule has 31 heavy (non-hydrogen) atoms. The monoisotopic (exact) mass is 441 g/mol. The van der Waals surface area contributed by atoms with Gasteiger partial charge in [0, 0.05) is 36.1 Å². The van der Waals surface area contributed by atoms with E-state index in [1.807, 2.05) is 6.92 Å². The van der Waals surface area contributed by atoms with Gasteiger partial charge in [0.25, 0.3) is 0 Å². The maximum Gasteiger partial charge on any atom is 0.332 e. The first-order valence-electron chi connectivity index (χ1n) is 9.59. The van der Waals surface area contributed by atoms with Crippen LogP contribution in [0.2, 0.25) is 5.02 Å². The standard InChI is InChI=1S/C22H24ClN5O3/c1-15(14-30-2)25-21-24-13-12-20(27-21)28(18-8-10-19(31-3)11-9-18)22(29)26-17-6-4-16(23)5-7-17/h4-13,15H,14H2,1-3H3,(H,26,29)(H,24,25,27). The third-order valence-electron chi connectivity index (χ3n) is 4.29. The van der Waals surface area contributed by atoms with Gasteiger partial charge in [-0.25, -0.2) is 14.7 Å². The maximum atomic E-state index is 13.2. The van der Waals surface area contributed by atoms with Crippen molar-refractivity contribution in [2.75, 3.05) is 36.4 Å². The summed E-state index contributed by atoms with van der Waals surface area (Å²) < 4.78 is 10.4. The predicted molar refractivity (Wildman–Crippen MR) is 123 cm³/mol. The van der Waals surface area contributed by atoms with E-state index in [-0.39, 0.29) is 12.1 Å². The van der Waals surface area contributed by atoms with Gasteiger partial charge in [-0.1, -0.05) is 11.6 Å². The van der Waals surface area contributed by atoms with Crippen LogP contribution in [0.5, 0.6) is 5.75 Å². The number of methoxy groups -OCH3 is 2. The molecule has 9 heteroatoms. The highest BCUT2D eigenvalue weighted by Crippen LogP contribution is 2.27. The SMILES string of the molecule is COCC(C)Nc1nccc(N(C(=O)Nc2ccc(Cl)cc2)c2ccc(OC)cc2)n1. The minimum atomic E-state index is -0.387. The molecule has 0 aliphatic rings. The van der Waals surface area contributed by atoms with Gasteiger partial charge in [0.1, 0.15) is 11.6 Å². The summed E-state index contributed by atoms with van der Waals surface area (Å²) in [5, 5.41) is 6.62. The van der Waals surface area contributed by atoms with E-state index in [2.05, 4.69) is 20.6 Å². The summed E-state index contributed by atoms with van der Waals surface area (Å²) >= 11 is 5.94. The molecule has 3 rings (SSSR count). The number of hydrogen-bond acceptors (Lipinski definition) is 6. The molecule has 162 valence electrons. The minimum Gasteiger partial charge on any atom is -0.497 e. The summed E-state index contributed by atoms with van der Waals surface area (Å²) in [6.45, 7) is 2.45. The number of carbonyl (C=O) groups excluding carboxylic acids is 1. The van der Waals surface area contributed by atoms with Crippen LogP contribution in [0, 0.1) is 0 Å². The van der Waals surface area contributed by atoms with Crippen LogP contribution in [0.3, 0.4) is 0 Å². The summed E-state index contributed by atoms with van der Waals surface area (Å²) in [5.74, 6) is 1.47. The van der Waals surface area contributed by atoms with Gasteiger partial charge >= 0.3 is 6.03 Å². The molecule has 2 amide bonds. The lowest BCUT2D eigenvalue weighted by Crippen LogP contribution is -2.32. The Balaban J connectivity index is 1.93. The number of nitrogens with zero attached hydrogens (tertiary/aromatic N) is 3. The molecule has 8 nitrogen and oxygen atoms in total. The van der Waals surface area contributed by atoms with Crippen LogP contribution in [-0.2, 0) is 4.74 Å². The largest absolute Gasteiger partial charge is 0.497 e. The highest BCUT2D eigenvalue weighted by atomic mass is 35.5. The Morgan fingerprint density at radius 2 is 1.81 bits per heavy atom. The van der Waals surface area contributed by atoms with E-state index in [9.17, 15) is 4.79 Å². The molecule has 0 radical (unpaired) electrons. The Kier molecular flexibility index (Phi) is 7.64. The molecule has 1 heterocycles. The molecule has 0 saturated carbocycles. The van der Waals surface area contributed by atoms with Gasteiger partial charge in [0.15, 0.2) is 0 Å². The predicted octanol–water partition coefficient (Wildman–Crippen LogP) is 4.96. The lowest BCUT2D eigenvalue weighted by atomic mass is 10.2. The summed E-state index contributed by atoms with van der Waals surface area (Å²) in [6.07, 6.45) is 1.59. The molecule has 1 aromatic heterocycles. The Bertz CT molecular complexity index is 999. The van der Waals surface area contributed by atoms with E-state index in [0.717, 1.165) is 0 Å². The topological polar surface area (TPSA) is 88.6 Å². The first-order chi connectivity index (χ1) is 15.0. The summed E-state index contributed by atoms with van der Waals surface area (Å²) in [5.41, 5.74) is 1.22. The second-order valence-corrected chi connectivity index (χ2v) is 7.15. The fourth-order valence-electron chi connectivity index (χ4n) is 2.85. The number of nitrogens with one attached hydrogen (secondary N) is 2. The molecular formula is C22H24ClN5O3. The van der Waals surface area contributed by atoms with Crippen molar-refractivity contribution in [3.8, 4) is 5.75 Å². The van der Waals surface area contributed by atoms with Crippen molar-refractivity contribution in [1.82, 2.24) is 9.97 Å². The molecule has 2 aromatic carbocycles. The number of hydrogen-bond donors (Lipinski definition) is 2. The lowest BCUT2D eigenvalue weighted by Gasteiger charge is -2.23. The molecule has 0 fully saturated rings. The van der Waals surface area contributed by atoms with E-state index in [0.29, 0.717) is 40.5 Å². The maximum absolute atomic E-state index is 13.2. The van der Waals surface area contributed by atoms with Gasteiger partial charge < -0.3 is 20.1 Å². The van der Waals surface area contributed by atoms with Crippen LogP contribution in [0.25, 0.3) is 0 Å². The Labute approximate surface area is 186 Å². The van der Waals surface area contributed by atoms with Crippen LogP contribution in [0.1, 0.15) is 6.92 Å². The Hall–Kier alpha value is -3.36. The number of benzene rings is 2. The second-order valence-electron chi connectivity index (χ2n) is 6.71. The molecule has 3 aromatic rings. The zero-order chi connectivity index (χ0) is 22.2. The van der Waals surface area contributed by atoms with Gasteiger partial charge in [-0.2, -0.15) is 4.98 Å². The highest BCUT2D eigenvalue weighted by Gasteiger charge is 2.21. The number of rotatable bonds is 8. The van der Waals surface area contributed by atoms with Crippen LogP contribution in [0.4, 0.5) is 27.9 Å². The number of amides is 2. The fraction of sp³-hybridized carbons (Fsp3) is 0.227. The molecule has 0 saturated heterocycles. The molecule has 0 bridgehead atoms. The third-order valence-corrected chi connectivity index (χ3v) is 4.54. The van der Waals surface area contributed by atoms with Crippen molar-refractivity contribution < 1.29 is 14.3 Å². The number of carbonyl (C=O) groups is 1. The lowest BCUT2D eigenvalue weighted by molar-refractivity contribution is 0.190. The highest BCUT2D eigenvalue weighted by molar-refractivity contribution is 6.30. The number of urea groups is 1. The first-order valence-corrected chi connectivity index (χ1v) is 9.97. The molecule has 0 aliphatic heterocycles. The summed E-state index contributed by atoms with van der Waals surface area (Å²) in [7, 11) is 3.21. The van der Waals surface area contributed by atoms with Crippen molar-refractivity contribution in [2.24, 2.45) is 0 Å². The zero-order valence-corrected chi connectivity index (χ0v) is 18.3. The number of halogens is 1. The van der Waals surface area contributed by atoms with Gasteiger partial charge in [-0.05, 0) is 55.5 Å². The van der Waals surface area contributed by atoms with Gasteiger partial charge in [-0.3, -0.25) is 0 Å². The van der Waals surface area contributed by atoms with Gasteiger partial charge in [0.2, 0.25) is 5.95 Å². The molecule has 1 atom stereocenters. The average Bonchev–Trinajstić information content (AvgIpc) is 2.76. The van der Waals surface area contributed by atoms with E-state index in [1.54, 1.807) is 75.0 Å². The first kappa shape index (κ1) is 22.3. The van der Waals surface area contributed by atoms with Crippen molar-refractivity contribution >= 4 is 40.8 Å². The van der Waals surface area contributed by atoms with E-state index >= 15 is 0 Å². The van der Waals surface area contributed by atoms with E-state index < -0.39 is 0 Å². The Morgan fingerprint density at radius 1 is 1.10 bits per heavy atom. The normalized spacial score (nSPS) is 11.5. The third kappa shape index (κ3) is 6.07. The van der Waals surface area contributed by atoms with Gasteiger partial charge in [-0.15, -0.1) is 0 Å². The van der Waals surface area contributed by atoms with Crippen molar-refractivity contribution in [3.05, 3.63) is 65.8 Å². The number of anilines is 4. The van der Waals surface area contributed by atoms with Crippen LogP contribution < -0.4 is 20.3 Å². The minimum absolute atomic E-state index is 0.00224.